The SMILES string of the molecule is CC(O)COCCCCOc1ccc(-c2ccc(OCCCCOCC(C)O)cc2)cc1.CC1CO1.OCCCCOc1ccc(-c2ccc(OCCCCO)cc2)cc1.[B]. The standard InChI is InChI=1S/C26H38O6.C20H26O4.C3H6O.B/c1-21(27)19-29-15-3-5-17-31-25-11-7-23(8-12-25)24-9-13-26(14-10-24)32-18-6-4-16-30-20-22(2)28;21-13-1-3-15-23-19-9-5-17(6-10-19)18-7-11-20(12-8-18)24-16-4-2-14-22;1-3-2-4-3;/h7-14,21-22,27-28H,3-6,15-20H2,1-2H3;5-12,21-22H,1-4,13-16H2;3H,2H2,1H3;. The third kappa shape index (κ3) is 26.1. The Balaban J connectivity index is 0.000000389. The molecule has 1 aliphatic rings. The molecular weight excluding hydrogens is 775 g/mol. The number of epoxide rings is 1. The van der Waals surface area contributed by atoms with Gasteiger partial charge in [0.15, 0.2) is 0 Å². The largest absolute Gasteiger partial charge is 0.494 e. The molecule has 4 aromatic rings. The lowest BCUT2D eigenvalue weighted by atomic mass is 10.1. The second kappa shape index (κ2) is 33.5. The molecule has 3 unspecified atom stereocenters. The predicted molar refractivity (Wildman–Crippen MR) is 243 cm³/mol. The molecule has 335 valence electrons. The molecule has 5 rings (SSSR count). The molecule has 11 nitrogen and oxygen atoms in total. The summed E-state index contributed by atoms with van der Waals surface area (Å²) in [5.41, 5.74) is 4.52. The highest BCUT2D eigenvalue weighted by atomic mass is 16.6. The number of rotatable bonds is 28. The summed E-state index contributed by atoms with van der Waals surface area (Å²) in [5.74, 6) is 3.41. The maximum atomic E-state index is 9.14. The zero-order valence-electron chi connectivity index (χ0n) is 36.6. The average molecular weight is 846 g/mol. The summed E-state index contributed by atoms with van der Waals surface area (Å²) >= 11 is 0. The minimum atomic E-state index is -0.411. The molecule has 3 atom stereocenters. The Bertz CT molecular complexity index is 1480. The maximum Gasteiger partial charge on any atom is 0.119 e. The van der Waals surface area contributed by atoms with E-state index in [4.69, 9.17) is 53.6 Å². The van der Waals surface area contributed by atoms with Gasteiger partial charge in [-0.1, -0.05) is 48.5 Å². The molecule has 4 aromatic carbocycles. The molecular formula is C49H70BO11. The van der Waals surface area contributed by atoms with Crippen molar-refractivity contribution in [2.24, 2.45) is 0 Å². The summed E-state index contributed by atoms with van der Waals surface area (Å²) < 4.78 is 38.2. The van der Waals surface area contributed by atoms with Gasteiger partial charge < -0.3 is 53.6 Å². The first-order valence-corrected chi connectivity index (χ1v) is 21.5. The van der Waals surface area contributed by atoms with Crippen LogP contribution in [0.2, 0.25) is 0 Å². The Hall–Kier alpha value is -4.14. The first-order chi connectivity index (χ1) is 29.3. The highest BCUT2D eigenvalue weighted by Gasteiger charge is 2.13. The van der Waals surface area contributed by atoms with E-state index in [9.17, 15) is 0 Å². The van der Waals surface area contributed by atoms with Crippen LogP contribution < -0.4 is 18.9 Å². The van der Waals surface area contributed by atoms with Gasteiger partial charge in [0.2, 0.25) is 0 Å². The van der Waals surface area contributed by atoms with Crippen molar-refractivity contribution in [2.75, 3.05) is 72.7 Å². The van der Waals surface area contributed by atoms with Crippen molar-refractivity contribution in [1.29, 1.82) is 0 Å². The van der Waals surface area contributed by atoms with Gasteiger partial charge in [-0.3, -0.25) is 0 Å². The molecule has 0 spiro atoms. The summed E-state index contributed by atoms with van der Waals surface area (Å²) in [6.07, 6.45) is 6.68. The topological polar surface area (TPSA) is 149 Å². The van der Waals surface area contributed by atoms with Crippen LogP contribution in [0.15, 0.2) is 97.1 Å². The normalized spacial score (nSPS) is 13.6. The summed E-state index contributed by atoms with van der Waals surface area (Å²) in [4.78, 5) is 0. The highest BCUT2D eigenvalue weighted by molar-refractivity contribution is 5.75. The van der Waals surface area contributed by atoms with Crippen molar-refractivity contribution in [2.45, 2.75) is 90.4 Å². The van der Waals surface area contributed by atoms with Crippen LogP contribution in [0.5, 0.6) is 23.0 Å². The fourth-order valence-corrected chi connectivity index (χ4v) is 5.38. The smallest absolute Gasteiger partial charge is 0.119 e. The number of aliphatic hydroxyl groups excluding tert-OH is 4. The Kier molecular flexibility index (Phi) is 29.1. The van der Waals surface area contributed by atoms with Crippen LogP contribution in [0, 0.1) is 0 Å². The van der Waals surface area contributed by atoms with E-state index in [-0.39, 0.29) is 21.6 Å². The van der Waals surface area contributed by atoms with Crippen LogP contribution in [0.4, 0.5) is 0 Å². The van der Waals surface area contributed by atoms with E-state index in [0.29, 0.717) is 59.0 Å². The fraction of sp³-hybridized carbons (Fsp3) is 0.510. The van der Waals surface area contributed by atoms with E-state index in [1.807, 2.05) is 72.8 Å². The molecule has 0 aromatic heterocycles. The van der Waals surface area contributed by atoms with E-state index in [1.165, 1.54) is 0 Å². The maximum absolute atomic E-state index is 9.14. The predicted octanol–water partition coefficient (Wildman–Crippen LogP) is 8.15. The quantitative estimate of drug-likeness (QED) is 0.0249. The van der Waals surface area contributed by atoms with Crippen LogP contribution in [-0.4, -0.2) is 120 Å². The van der Waals surface area contributed by atoms with E-state index in [1.54, 1.807) is 13.8 Å². The van der Waals surface area contributed by atoms with Gasteiger partial charge >= 0.3 is 0 Å². The van der Waals surface area contributed by atoms with Crippen LogP contribution in [0.1, 0.15) is 72.1 Å². The van der Waals surface area contributed by atoms with Crippen molar-refractivity contribution in [3.8, 4) is 45.3 Å². The molecule has 0 aliphatic carbocycles. The number of aliphatic hydroxyl groups is 4. The monoisotopic (exact) mass is 846 g/mol. The van der Waals surface area contributed by atoms with Crippen molar-refractivity contribution < 1.29 is 53.6 Å². The highest BCUT2D eigenvalue weighted by Crippen LogP contribution is 2.26. The van der Waals surface area contributed by atoms with Gasteiger partial charge in [-0.25, -0.2) is 0 Å². The molecule has 3 radical (unpaired) electrons. The molecule has 1 saturated heterocycles. The minimum Gasteiger partial charge on any atom is -0.494 e. The number of benzene rings is 4. The molecule has 61 heavy (non-hydrogen) atoms. The number of unbranched alkanes of at least 4 members (excludes halogenated alkanes) is 4. The van der Waals surface area contributed by atoms with E-state index < -0.39 is 12.2 Å². The van der Waals surface area contributed by atoms with E-state index in [2.05, 4.69) is 31.2 Å². The molecule has 0 saturated carbocycles. The van der Waals surface area contributed by atoms with Gasteiger partial charge in [0, 0.05) is 34.8 Å². The zero-order valence-corrected chi connectivity index (χ0v) is 36.6. The molecule has 0 bridgehead atoms. The van der Waals surface area contributed by atoms with Crippen LogP contribution in [0.3, 0.4) is 0 Å². The molecule has 1 fully saturated rings. The number of ether oxygens (including phenoxy) is 7. The number of hydrogen-bond acceptors (Lipinski definition) is 11. The third-order valence-corrected chi connectivity index (χ3v) is 8.85. The first-order valence-electron chi connectivity index (χ1n) is 21.5. The van der Waals surface area contributed by atoms with E-state index >= 15 is 0 Å². The van der Waals surface area contributed by atoms with Crippen molar-refractivity contribution in [3.63, 3.8) is 0 Å². The summed E-state index contributed by atoms with van der Waals surface area (Å²) in [6, 6.07) is 32.2. The molecule has 0 amide bonds. The Morgan fingerprint density at radius 2 is 0.689 bits per heavy atom. The van der Waals surface area contributed by atoms with Gasteiger partial charge in [-0.15, -0.1) is 0 Å². The third-order valence-electron chi connectivity index (χ3n) is 8.85. The zero-order chi connectivity index (χ0) is 43.0. The van der Waals surface area contributed by atoms with Gasteiger partial charge in [0.1, 0.15) is 23.0 Å². The van der Waals surface area contributed by atoms with Crippen molar-refractivity contribution in [1.82, 2.24) is 0 Å². The summed E-state index contributed by atoms with van der Waals surface area (Å²) in [7, 11) is 0. The molecule has 1 aliphatic heterocycles. The first kappa shape index (κ1) is 53.0. The lowest BCUT2D eigenvalue weighted by Gasteiger charge is -2.10. The minimum absolute atomic E-state index is 0. The van der Waals surface area contributed by atoms with Gasteiger partial charge in [0.25, 0.3) is 0 Å². The van der Waals surface area contributed by atoms with Gasteiger partial charge in [0.05, 0.1) is 64.6 Å². The lowest BCUT2D eigenvalue weighted by molar-refractivity contribution is 0.0436. The molecule has 4 N–H and O–H groups in total. The van der Waals surface area contributed by atoms with Crippen LogP contribution in [0.25, 0.3) is 22.3 Å². The number of hydrogen-bond donors (Lipinski definition) is 4. The summed E-state index contributed by atoms with van der Waals surface area (Å²) in [5, 5.41) is 35.8. The Morgan fingerprint density at radius 3 is 0.902 bits per heavy atom. The van der Waals surface area contributed by atoms with Crippen LogP contribution in [-0.2, 0) is 14.2 Å². The van der Waals surface area contributed by atoms with Crippen molar-refractivity contribution in [3.05, 3.63) is 97.1 Å². The molecule has 1 heterocycles. The second-order valence-electron chi connectivity index (χ2n) is 14.8. The second-order valence-corrected chi connectivity index (χ2v) is 14.8. The van der Waals surface area contributed by atoms with Gasteiger partial charge in [-0.2, -0.15) is 0 Å². The van der Waals surface area contributed by atoms with Crippen LogP contribution >= 0.6 is 0 Å². The fourth-order valence-electron chi connectivity index (χ4n) is 5.38. The van der Waals surface area contributed by atoms with Crippen molar-refractivity contribution >= 4 is 8.41 Å². The van der Waals surface area contributed by atoms with E-state index in [0.717, 1.165) is 103 Å². The van der Waals surface area contributed by atoms with Gasteiger partial charge in [-0.05, 0) is 143 Å². The molecule has 12 heteroatoms. The average Bonchev–Trinajstić information content (AvgIpc) is 4.06. The Morgan fingerprint density at radius 1 is 0.459 bits per heavy atom. The lowest BCUT2D eigenvalue weighted by Crippen LogP contribution is -2.11. The summed E-state index contributed by atoms with van der Waals surface area (Å²) in [6.45, 7) is 11.5. The Labute approximate surface area is 366 Å².